The minimum atomic E-state index is 0.463. The van der Waals surface area contributed by atoms with Gasteiger partial charge in [-0.2, -0.15) is 5.26 Å². The van der Waals surface area contributed by atoms with Gasteiger partial charge in [-0.05, 0) is 23.8 Å². The lowest BCUT2D eigenvalue weighted by Crippen LogP contribution is -2.24. The number of halogens is 1. The first kappa shape index (κ1) is 15.3. The van der Waals surface area contributed by atoms with Crippen LogP contribution in [0, 0.1) is 11.3 Å². The first-order valence-corrected chi connectivity index (χ1v) is 7.09. The Hall–Kier alpha value is -2.09. The number of nitriles is 1. The van der Waals surface area contributed by atoms with E-state index in [2.05, 4.69) is 16.0 Å². The quantitative estimate of drug-likeness (QED) is 0.832. The van der Waals surface area contributed by atoms with E-state index in [-0.39, 0.29) is 0 Å². The van der Waals surface area contributed by atoms with Crippen molar-refractivity contribution < 1.29 is 0 Å². The highest BCUT2D eigenvalue weighted by molar-refractivity contribution is 6.31. The second kappa shape index (κ2) is 7.63. The summed E-state index contributed by atoms with van der Waals surface area (Å²) in [6.45, 7) is 1.98. The number of hydrogen-bond acceptors (Lipinski definition) is 4. The Balaban J connectivity index is 2.15. The third-order valence-electron chi connectivity index (χ3n) is 3.21. The second-order valence-electron chi connectivity index (χ2n) is 4.79. The van der Waals surface area contributed by atoms with Crippen LogP contribution in [0.3, 0.4) is 0 Å². The van der Waals surface area contributed by atoms with Crippen LogP contribution in [0.5, 0.6) is 0 Å². The monoisotopic (exact) mass is 300 g/mol. The first-order valence-electron chi connectivity index (χ1n) is 6.72. The molecule has 108 valence electrons. The van der Waals surface area contributed by atoms with E-state index in [1.165, 1.54) is 0 Å². The van der Waals surface area contributed by atoms with Crippen molar-refractivity contribution in [3.05, 3.63) is 58.9 Å². The maximum atomic E-state index is 8.82. The maximum Gasteiger partial charge on any atom is 0.0635 e. The molecule has 0 amide bonds. The van der Waals surface area contributed by atoms with Crippen LogP contribution in [0.25, 0.3) is 0 Å². The SMILES string of the molecule is N#CCCN(Cc1cccnc1)Cc1c(N)cccc1Cl. The van der Waals surface area contributed by atoms with Crippen LogP contribution in [-0.2, 0) is 13.1 Å². The van der Waals surface area contributed by atoms with Gasteiger partial charge in [-0.1, -0.05) is 23.7 Å². The van der Waals surface area contributed by atoms with Crippen LogP contribution in [-0.4, -0.2) is 16.4 Å². The normalized spacial score (nSPS) is 10.5. The molecule has 2 N–H and O–H groups in total. The largest absolute Gasteiger partial charge is 0.398 e. The average molecular weight is 301 g/mol. The zero-order chi connectivity index (χ0) is 15.1. The van der Waals surface area contributed by atoms with Gasteiger partial charge in [0, 0.05) is 54.7 Å². The molecule has 1 aromatic carbocycles. The average Bonchev–Trinajstić information content (AvgIpc) is 2.49. The molecule has 2 aromatic rings. The van der Waals surface area contributed by atoms with Crippen LogP contribution < -0.4 is 5.73 Å². The van der Waals surface area contributed by atoms with Gasteiger partial charge in [0.05, 0.1) is 6.07 Å². The molecule has 0 radical (unpaired) electrons. The molecule has 0 aliphatic rings. The number of nitrogens with zero attached hydrogens (tertiary/aromatic N) is 3. The fraction of sp³-hybridized carbons (Fsp3) is 0.250. The van der Waals surface area contributed by atoms with Gasteiger partial charge in [0.25, 0.3) is 0 Å². The summed E-state index contributed by atoms with van der Waals surface area (Å²) < 4.78 is 0. The molecule has 2 rings (SSSR count). The van der Waals surface area contributed by atoms with Crippen molar-refractivity contribution >= 4 is 17.3 Å². The predicted molar refractivity (Wildman–Crippen MR) is 84.4 cm³/mol. The van der Waals surface area contributed by atoms with E-state index in [0.29, 0.717) is 36.8 Å². The van der Waals surface area contributed by atoms with Gasteiger partial charge in [-0.15, -0.1) is 0 Å². The molecule has 0 spiro atoms. The third kappa shape index (κ3) is 4.45. The number of benzene rings is 1. The van der Waals surface area contributed by atoms with Crippen molar-refractivity contribution in [3.8, 4) is 6.07 Å². The van der Waals surface area contributed by atoms with Crippen molar-refractivity contribution in [1.29, 1.82) is 5.26 Å². The van der Waals surface area contributed by atoms with Crippen LogP contribution in [0.1, 0.15) is 17.5 Å². The molecule has 0 atom stereocenters. The second-order valence-corrected chi connectivity index (χ2v) is 5.19. The van der Waals surface area contributed by atoms with Crippen LogP contribution >= 0.6 is 11.6 Å². The van der Waals surface area contributed by atoms with E-state index in [9.17, 15) is 0 Å². The molecule has 1 aromatic heterocycles. The summed E-state index contributed by atoms with van der Waals surface area (Å²) in [6.07, 6.45) is 4.04. The molecule has 0 unspecified atom stereocenters. The Kier molecular flexibility index (Phi) is 5.56. The standard InChI is InChI=1S/C16H17ClN4/c17-15-5-1-6-16(19)14(15)12-21(9-3-7-18)11-13-4-2-8-20-10-13/h1-2,4-6,8,10H,3,9,11-12,19H2. The molecule has 0 bridgehead atoms. The fourth-order valence-electron chi connectivity index (χ4n) is 2.14. The van der Waals surface area contributed by atoms with E-state index < -0.39 is 0 Å². The van der Waals surface area contributed by atoms with E-state index in [4.69, 9.17) is 22.6 Å². The van der Waals surface area contributed by atoms with E-state index >= 15 is 0 Å². The molecule has 0 aliphatic carbocycles. The molecular formula is C16H17ClN4. The Morgan fingerprint density at radius 2 is 2.10 bits per heavy atom. The van der Waals surface area contributed by atoms with Crippen LogP contribution in [0.15, 0.2) is 42.7 Å². The van der Waals surface area contributed by atoms with Gasteiger partial charge in [-0.3, -0.25) is 9.88 Å². The summed E-state index contributed by atoms with van der Waals surface area (Å²) in [4.78, 5) is 6.27. The van der Waals surface area contributed by atoms with Gasteiger partial charge in [0.2, 0.25) is 0 Å². The number of hydrogen-bond donors (Lipinski definition) is 1. The number of nitrogens with two attached hydrogens (primary N) is 1. The highest BCUT2D eigenvalue weighted by atomic mass is 35.5. The van der Waals surface area contributed by atoms with Crippen LogP contribution in [0.2, 0.25) is 5.02 Å². The summed E-state index contributed by atoms with van der Waals surface area (Å²) in [6, 6.07) is 11.6. The number of rotatable bonds is 6. The molecule has 0 aliphatic heterocycles. The van der Waals surface area contributed by atoms with Crippen molar-refractivity contribution in [1.82, 2.24) is 9.88 Å². The minimum absolute atomic E-state index is 0.463. The predicted octanol–water partition coefficient (Wildman–Crippen LogP) is 3.23. The summed E-state index contributed by atoms with van der Waals surface area (Å²) in [5, 5.41) is 9.47. The summed E-state index contributed by atoms with van der Waals surface area (Å²) in [7, 11) is 0. The summed E-state index contributed by atoms with van der Waals surface area (Å²) >= 11 is 6.23. The number of aromatic nitrogens is 1. The third-order valence-corrected chi connectivity index (χ3v) is 3.56. The topological polar surface area (TPSA) is 65.9 Å². The van der Waals surface area contributed by atoms with Crippen molar-refractivity contribution in [3.63, 3.8) is 0 Å². The van der Waals surface area contributed by atoms with Gasteiger partial charge in [-0.25, -0.2) is 0 Å². The molecule has 0 fully saturated rings. The molecule has 4 nitrogen and oxygen atoms in total. The van der Waals surface area contributed by atoms with Crippen LogP contribution in [0.4, 0.5) is 5.69 Å². The van der Waals surface area contributed by atoms with Gasteiger partial charge in [0.15, 0.2) is 0 Å². The van der Waals surface area contributed by atoms with Crippen molar-refractivity contribution in [2.24, 2.45) is 0 Å². The van der Waals surface area contributed by atoms with Gasteiger partial charge >= 0.3 is 0 Å². The van der Waals surface area contributed by atoms with E-state index in [1.54, 1.807) is 6.20 Å². The Morgan fingerprint density at radius 1 is 1.24 bits per heavy atom. The van der Waals surface area contributed by atoms with Gasteiger partial charge < -0.3 is 5.73 Å². The van der Waals surface area contributed by atoms with Gasteiger partial charge in [0.1, 0.15) is 0 Å². The van der Waals surface area contributed by atoms with E-state index in [1.807, 2.05) is 36.5 Å². The Morgan fingerprint density at radius 3 is 2.76 bits per heavy atom. The minimum Gasteiger partial charge on any atom is -0.398 e. The highest BCUT2D eigenvalue weighted by Gasteiger charge is 2.11. The number of anilines is 1. The molecular weight excluding hydrogens is 284 g/mol. The fourth-order valence-corrected chi connectivity index (χ4v) is 2.38. The number of pyridine rings is 1. The lowest BCUT2D eigenvalue weighted by molar-refractivity contribution is 0.263. The Labute approximate surface area is 129 Å². The van der Waals surface area contributed by atoms with Crippen molar-refractivity contribution in [2.45, 2.75) is 19.5 Å². The molecule has 5 heteroatoms. The lowest BCUT2D eigenvalue weighted by atomic mass is 10.1. The summed E-state index contributed by atoms with van der Waals surface area (Å²) in [5.41, 5.74) is 8.68. The highest BCUT2D eigenvalue weighted by Crippen LogP contribution is 2.24. The lowest BCUT2D eigenvalue weighted by Gasteiger charge is -2.22. The number of nitrogen functional groups attached to an aromatic ring is 1. The zero-order valence-corrected chi connectivity index (χ0v) is 12.4. The first-order chi connectivity index (χ1) is 10.2. The maximum absolute atomic E-state index is 8.82. The van der Waals surface area contributed by atoms with E-state index in [0.717, 1.165) is 11.1 Å². The molecule has 0 saturated carbocycles. The molecule has 21 heavy (non-hydrogen) atoms. The Bertz CT molecular complexity index is 602. The summed E-state index contributed by atoms with van der Waals surface area (Å²) in [5.74, 6) is 0. The molecule has 0 saturated heterocycles. The smallest absolute Gasteiger partial charge is 0.0635 e. The zero-order valence-electron chi connectivity index (χ0n) is 11.7. The molecule has 1 heterocycles. The van der Waals surface area contributed by atoms with Crippen molar-refractivity contribution in [2.75, 3.05) is 12.3 Å².